The average Bonchev–Trinajstić information content (AvgIpc) is 2.07. The minimum absolute atomic E-state index is 0.0822. The average molecular weight is 244 g/mol. The maximum absolute atomic E-state index is 11.8. The van der Waals surface area contributed by atoms with Crippen LogP contribution in [0.2, 0.25) is 0 Å². The van der Waals surface area contributed by atoms with Crippen molar-refractivity contribution in [2.45, 2.75) is 46.3 Å². The molecule has 0 N–H and O–H groups in total. The number of carbonyl (C=O) groups excluding carboxylic acids is 1. The molecule has 0 aromatic carbocycles. The van der Waals surface area contributed by atoms with Crippen LogP contribution in [0.4, 0.5) is 4.79 Å². The van der Waals surface area contributed by atoms with Gasteiger partial charge in [-0.15, -0.1) is 0 Å². The molecule has 0 heterocycles. The van der Waals surface area contributed by atoms with Crippen molar-refractivity contribution in [2.24, 2.45) is 0 Å². The van der Waals surface area contributed by atoms with Gasteiger partial charge in [0.25, 0.3) is 0 Å². The second-order valence-electron chi connectivity index (χ2n) is 4.90. The Balaban J connectivity index is 4.53. The van der Waals surface area contributed by atoms with Gasteiger partial charge >= 0.3 is 6.09 Å². The van der Waals surface area contributed by atoms with Gasteiger partial charge in [-0.2, -0.15) is 0 Å². The van der Waals surface area contributed by atoms with E-state index in [4.69, 9.17) is 4.74 Å². The smallest absolute Gasteiger partial charge is 0.410 e. The third-order valence-electron chi connectivity index (χ3n) is 1.78. The Labute approximate surface area is 101 Å². The second-order valence-corrected chi connectivity index (χ2v) is 4.90. The molecule has 0 aromatic heterocycles. The van der Waals surface area contributed by atoms with Crippen molar-refractivity contribution in [1.82, 2.24) is 4.90 Å². The predicted molar refractivity (Wildman–Crippen MR) is 64.2 cm³/mol. The Morgan fingerprint density at radius 2 is 2.00 bits per heavy atom. The topological polar surface area (TPSA) is 72.7 Å². The molecule has 0 unspecified atom stereocenters. The number of rotatable bonds is 4. The molecule has 0 aliphatic rings. The largest absolute Gasteiger partial charge is 0.444 e. The minimum atomic E-state index is -0.572. The van der Waals surface area contributed by atoms with Gasteiger partial charge < -0.3 is 9.64 Å². The summed E-state index contributed by atoms with van der Waals surface area (Å²) in [5, 5.41) is 10.1. The number of carbonyl (C=O) groups is 1. The maximum atomic E-state index is 11.8. The van der Waals surface area contributed by atoms with Crippen LogP contribution in [0.5, 0.6) is 0 Å². The fraction of sp³-hybridized carbons (Fsp3) is 0.727. The molecule has 0 aromatic rings. The third-order valence-corrected chi connectivity index (χ3v) is 1.78. The Hall–Kier alpha value is -1.59. The first-order chi connectivity index (χ1) is 7.63. The van der Waals surface area contributed by atoms with Gasteiger partial charge in [-0.3, -0.25) is 10.1 Å². The molecule has 0 spiro atoms. The highest BCUT2D eigenvalue weighted by molar-refractivity contribution is 5.68. The van der Waals surface area contributed by atoms with E-state index in [1.807, 2.05) is 13.8 Å². The molecule has 0 aliphatic carbocycles. The summed E-state index contributed by atoms with van der Waals surface area (Å²) in [6.07, 6.45) is 1.67. The lowest BCUT2D eigenvalue weighted by atomic mass is 10.2. The van der Waals surface area contributed by atoms with Crippen LogP contribution in [0.1, 0.15) is 34.6 Å². The van der Waals surface area contributed by atoms with E-state index in [1.165, 1.54) is 11.0 Å². The normalized spacial score (nSPS) is 11.9. The molecule has 6 nitrogen and oxygen atoms in total. The van der Waals surface area contributed by atoms with E-state index in [2.05, 4.69) is 0 Å². The van der Waals surface area contributed by atoms with Crippen LogP contribution < -0.4 is 0 Å². The third kappa shape index (κ3) is 7.32. The fourth-order valence-corrected chi connectivity index (χ4v) is 1.06. The summed E-state index contributed by atoms with van der Waals surface area (Å²) in [6.45, 7) is 9.13. The highest BCUT2D eigenvalue weighted by Gasteiger charge is 2.23. The van der Waals surface area contributed by atoms with Gasteiger partial charge in [0.05, 0.1) is 4.92 Å². The van der Waals surface area contributed by atoms with Crippen molar-refractivity contribution in [3.63, 3.8) is 0 Å². The van der Waals surface area contributed by atoms with Crippen LogP contribution in [0.15, 0.2) is 12.3 Å². The predicted octanol–water partition coefficient (Wildman–Crippen LogP) is 2.42. The first-order valence-electron chi connectivity index (χ1n) is 5.43. The summed E-state index contributed by atoms with van der Waals surface area (Å²) in [6, 6.07) is -0.0822. The number of nitrogens with zero attached hydrogens (tertiary/aromatic N) is 2. The SMILES string of the molecule is CC(C)N(C/C=C/[N+](=O)[O-])C(=O)OC(C)(C)C. The number of nitro groups is 1. The summed E-state index contributed by atoms with van der Waals surface area (Å²) >= 11 is 0. The van der Waals surface area contributed by atoms with E-state index in [0.717, 1.165) is 6.20 Å². The highest BCUT2D eigenvalue weighted by Crippen LogP contribution is 2.11. The summed E-state index contributed by atoms with van der Waals surface area (Å²) in [7, 11) is 0. The van der Waals surface area contributed by atoms with E-state index in [0.29, 0.717) is 0 Å². The molecule has 0 saturated carbocycles. The monoisotopic (exact) mass is 244 g/mol. The van der Waals surface area contributed by atoms with Gasteiger partial charge in [0.1, 0.15) is 5.60 Å². The van der Waals surface area contributed by atoms with Crippen molar-refractivity contribution in [3.8, 4) is 0 Å². The quantitative estimate of drug-likeness (QED) is 0.562. The van der Waals surface area contributed by atoms with E-state index < -0.39 is 16.6 Å². The van der Waals surface area contributed by atoms with E-state index in [1.54, 1.807) is 20.8 Å². The first kappa shape index (κ1) is 15.4. The zero-order valence-corrected chi connectivity index (χ0v) is 11.0. The van der Waals surface area contributed by atoms with Crippen molar-refractivity contribution in [1.29, 1.82) is 0 Å². The first-order valence-corrected chi connectivity index (χ1v) is 5.43. The van der Waals surface area contributed by atoms with Crippen LogP contribution in [-0.4, -0.2) is 34.1 Å². The van der Waals surface area contributed by atoms with Crippen LogP contribution >= 0.6 is 0 Å². The number of hydrogen-bond donors (Lipinski definition) is 0. The van der Waals surface area contributed by atoms with Gasteiger partial charge in [0.2, 0.25) is 6.20 Å². The van der Waals surface area contributed by atoms with E-state index in [9.17, 15) is 14.9 Å². The standard InChI is InChI=1S/C11H20N2O4/c1-9(2)12(7-6-8-13(15)16)10(14)17-11(3,4)5/h6,8-9H,7H2,1-5H3/b8-6+. The van der Waals surface area contributed by atoms with Crippen LogP contribution in [0, 0.1) is 10.1 Å². The summed E-state index contributed by atoms with van der Waals surface area (Å²) in [5.41, 5.74) is -0.572. The maximum Gasteiger partial charge on any atom is 0.410 e. The molecule has 1 amide bonds. The molecule has 0 fully saturated rings. The number of ether oxygens (including phenoxy) is 1. The van der Waals surface area contributed by atoms with Crippen molar-refractivity contribution >= 4 is 6.09 Å². The van der Waals surface area contributed by atoms with Gasteiger partial charge in [0, 0.05) is 18.7 Å². The Morgan fingerprint density at radius 3 is 2.35 bits per heavy atom. The molecule has 17 heavy (non-hydrogen) atoms. The molecule has 0 bridgehead atoms. The van der Waals surface area contributed by atoms with Gasteiger partial charge in [-0.1, -0.05) is 0 Å². The van der Waals surface area contributed by atoms with Crippen molar-refractivity contribution in [3.05, 3.63) is 22.4 Å². The fourth-order valence-electron chi connectivity index (χ4n) is 1.06. The minimum Gasteiger partial charge on any atom is -0.444 e. The highest BCUT2D eigenvalue weighted by atomic mass is 16.6. The Kier molecular flexibility index (Phi) is 5.64. The summed E-state index contributed by atoms with van der Waals surface area (Å²) in [4.78, 5) is 22.8. The molecule has 0 saturated heterocycles. The van der Waals surface area contributed by atoms with Gasteiger partial charge in [-0.25, -0.2) is 4.79 Å². The van der Waals surface area contributed by atoms with Crippen LogP contribution in [0.3, 0.4) is 0 Å². The molecular weight excluding hydrogens is 224 g/mol. The van der Waals surface area contributed by atoms with E-state index in [-0.39, 0.29) is 12.6 Å². The number of hydrogen-bond acceptors (Lipinski definition) is 4. The second kappa shape index (κ2) is 6.22. The Morgan fingerprint density at radius 1 is 1.47 bits per heavy atom. The van der Waals surface area contributed by atoms with Crippen molar-refractivity contribution < 1.29 is 14.5 Å². The molecule has 0 radical (unpaired) electrons. The Bertz CT molecular complexity index is 305. The number of amides is 1. The zero-order valence-electron chi connectivity index (χ0n) is 11.0. The molecular formula is C11H20N2O4. The van der Waals surface area contributed by atoms with Crippen molar-refractivity contribution in [2.75, 3.05) is 6.54 Å². The molecule has 0 rings (SSSR count). The molecule has 0 atom stereocenters. The van der Waals surface area contributed by atoms with Crippen LogP contribution in [0.25, 0.3) is 0 Å². The zero-order chi connectivity index (χ0) is 13.6. The summed E-state index contributed by atoms with van der Waals surface area (Å²) < 4.78 is 5.20. The molecule has 6 heteroatoms. The molecule has 98 valence electrons. The lowest BCUT2D eigenvalue weighted by molar-refractivity contribution is -0.402. The van der Waals surface area contributed by atoms with Gasteiger partial charge in [-0.05, 0) is 34.6 Å². The van der Waals surface area contributed by atoms with Crippen LogP contribution in [-0.2, 0) is 4.74 Å². The lowest BCUT2D eigenvalue weighted by Crippen LogP contribution is -2.41. The van der Waals surface area contributed by atoms with E-state index >= 15 is 0 Å². The lowest BCUT2D eigenvalue weighted by Gasteiger charge is -2.29. The van der Waals surface area contributed by atoms with Gasteiger partial charge in [0.15, 0.2) is 0 Å². The molecule has 0 aliphatic heterocycles. The summed E-state index contributed by atoms with van der Waals surface area (Å²) in [5.74, 6) is 0.